The van der Waals surface area contributed by atoms with Crippen molar-refractivity contribution in [3.8, 4) is 0 Å². The molecule has 86 valence electrons. The zero-order valence-corrected chi connectivity index (χ0v) is 10.6. The van der Waals surface area contributed by atoms with E-state index in [-0.39, 0.29) is 0 Å². The molecule has 3 rings (SSSR count). The van der Waals surface area contributed by atoms with E-state index in [1.165, 1.54) is 23.1 Å². The molecule has 1 saturated carbocycles. The van der Waals surface area contributed by atoms with Crippen molar-refractivity contribution in [2.45, 2.75) is 25.2 Å². The first-order valence-electron chi connectivity index (χ1n) is 6.06. The minimum atomic E-state index is 0.688. The van der Waals surface area contributed by atoms with Crippen molar-refractivity contribution in [1.29, 1.82) is 0 Å². The summed E-state index contributed by atoms with van der Waals surface area (Å²) in [4.78, 5) is 0. The molecule has 0 amide bonds. The lowest BCUT2D eigenvalue weighted by Gasteiger charge is -2.05. The highest BCUT2D eigenvalue weighted by Crippen LogP contribution is 2.55. The van der Waals surface area contributed by atoms with Gasteiger partial charge in [0.2, 0.25) is 0 Å². The molecule has 1 heteroatoms. The zero-order chi connectivity index (χ0) is 11.8. The minimum Gasteiger partial charge on any atom is -0.0843 e. The van der Waals surface area contributed by atoms with Crippen LogP contribution in [0.5, 0.6) is 0 Å². The lowest BCUT2D eigenvalue weighted by molar-refractivity contribution is 1.01. The second-order valence-electron chi connectivity index (χ2n) is 4.86. The first-order chi connectivity index (χ1) is 8.25. The summed E-state index contributed by atoms with van der Waals surface area (Å²) in [6.07, 6.45) is 1.27. The van der Waals surface area contributed by atoms with Crippen molar-refractivity contribution in [1.82, 2.24) is 0 Å². The highest BCUT2D eigenvalue weighted by molar-refractivity contribution is 6.30. The van der Waals surface area contributed by atoms with E-state index in [2.05, 4.69) is 43.3 Å². The normalized spacial score (nSPS) is 22.5. The Morgan fingerprint density at radius 1 is 0.941 bits per heavy atom. The van der Waals surface area contributed by atoms with Crippen molar-refractivity contribution in [2.75, 3.05) is 0 Å². The first kappa shape index (κ1) is 10.9. The molecule has 1 fully saturated rings. The highest BCUT2D eigenvalue weighted by Gasteiger charge is 2.39. The molecule has 0 N–H and O–H groups in total. The molecule has 2 aromatic rings. The summed E-state index contributed by atoms with van der Waals surface area (Å²) in [6.45, 7) is 2.20. The van der Waals surface area contributed by atoms with Crippen LogP contribution in [-0.4, -0.2) is 0 Å². The number of hydrogen-bond donors (Lipinski definition) is 0. The Hall–Kier alpha value is -1.27. The van der Waals surface area contributed by atoms with Crippen molar-refractivity contribution in [3.63, 3.8) is 0 Å². The summed E-state index contributed by atoms with van der Waals surface area (Å²) in [6, 6.07) is 17.0. The summed E-state index contributed by atoms with van der Waals surface area (Å²) in [5.74, 6) is 1.39. The van der Waals surface area contributed by atoms with Gasteiger partial charge in [0.1, 0.15) is 0 Å². The van der Waals surface area contributed by atoms with Gasteiger partial charge < -0.3 is 0 Å². The van der Waals surface area contributed by atoms with Crippen LogP contribution in [0.25, 0.3) is 0 Å². The van der Waals surface area contributed by atoms with Gasteiger partial charge in [-0.05, 0) is 54.0 Å². The van der Waals surface area contributed by atoms with Gasteiger partial charge in [-0.25, -0.2) is 0 Å². The zero-order valence-electron chi connectivity index (χ0n) is 9.86. The summed E-state index contributed by atoms with van der Waals surface area (Å²) < 4.78 is 0. The molecule has 0 aliphatic heterocycles. The monoisotopic (exact) mass is 242 g/mol. The number of hydrogen-bond acceptors (Lipinski definition) is 0. The maximum Gasteiger partial charge on any atom is 0.0406 e. The van der Waals surface area contributed by atoms with Crippen LogP contribution in [-0.2, 0) is 0 Å². The minimum absolute atomic E-state index is 0.688. The molecule has 0 nitrogen and oxygen atoms in total. The van der Waals surface area contributed by atoms with Gasteiger partial charge >= 0.3 is 0 Å². The van der Waals surface area contributed by atoms with E-state index >= 15 is 0 Å². The highest BCUT2D eigenvalue weighted by atomic mass is 35.5. The molecule has 0 spiro atoms. The molecular formula is C16H15Cl. The summed E-state index contributed by atoms with van der Waals surface area (Å²) in [5, 5.41) is 0.821. The van der Waals surface area contributed by atoms with E-state index in [0.717, 1.165) is 5.02 Å². The van der Waals surface area contributed by atoms with Gasteiger partial charge in [-0.3, -0.25) is 0 Å². The van der Waals surface area contributed by atoms with E-state index in [1.54, 1.807) is 0 Å². The van der Waals surface area contributed by atoms with Crippen LogP contribution >= 0.6 is 11.6 Å². The van der Waals surface area contributed by atoms with Gasteiger partial charge in [0.25, 0.3) is 0 Å². The van der Waals surface area contributed by atoms with Crippen LogP contribution in [0.2, 0.25) is 5.02 Å². The quantitative estimate of drug-likeness (QED) is 0.701. The third-order valence-electron chi connectivity index (χ3n) is 3.68. The molecule has 17 heavy (non-hydrogen) atoms. The van der Waals surface area contributed by atoms with E-state index in [0.29, 0.717) is 11.8 Å². The Balaban J connectivity index is 1.83. The molecule has 2 aromatic carbocycles. The molecule has 2 atom stereocenters. The van der Waals surface area contributed by atoms with Crippen molar-refractivity contribution >= 4 is 11.6 Å². The van der Waals surface area contributed by atoms with Crippen LogP contribution in [0.4, 0.5) is 0 Å². The molecule has 0 saturated heterocycles. The fourth-order valence-electron chi connectivity index (χ4n) is 2.62. The molecule has 1 aliphatic rings. The second-order valence-corrected chi connectivity index (χ2v) is 5.29. The van der Waals surface area contributed by atoms with Crippen LogP contribution in [0.15, 0.2) is 48.5 Å². The third kappa shape index (κ3) is 2.10. The third-order valence-corrected chi connectivity index (χ3v) is 3.93. The fraction of sp³-hybridized carbons (Fsp3) is 0.250. The summed E-state index contributed by atoms with van der Waals surface area (Å²) in [5.41, 5.74) is 4.34. The Kier molecular flexibility index (Phi) is 2.68. The number of benzene rings is 2. The molecule has 0 aromatic heterocycles. The second kappa shape index (κ2) is 4.19. The van der Waals surface area contributed by atoms with Crippen molar-refractivity contribution in [3.05, 3.63) is 70.2 Å². The predicted octanol–water partition coefficient (Wildman–Crippen LogP) is 4.92. The predicted molar refractivity (Wildman–Crippen MR) is 72.7 cm³/mol. The van der Waals surface area contributed by atoms with E-state index in [4.69, 9.17) is 11.6 Å². The van der Waals surface area contributed by atoms with E-state index < -0.39 is 0 Å². The number of aryl methyl sites for hydroxylation is 1. The molecule has 1 aliphatic carbocycles. The average Bonchev–Trinajstić information content (AvgIpc) is 3.11. The van der Waals surface area contributed by atoms with Gasteiger partial charge in [0, 0.05) is 5.02 Å². The molecule has 0 bridgehead atoms. The van der Waals surface area contributed by atoms with Gasteiger partial charge in [-0.2, -0.15) is 0 Å². The fourth-order valence-corrected chi connectivity index (χ4v) is 2.75. The van der Waals surface area contributed by atoms with Gasteiger partial charge in [-0.1, -0.05) is 48.0 Å². The SMILES string of the molecule is Cc1ccccc1C1CC1c1ccc(Cl)cc1. The Morgan fingerprint density at radius 3 is 2.35 bits per heavy atom. The summed E-state index contributed by atoms with van der Waals surface area (Å²) >= 11 is 5.92. The van der Waals surface area contributed by atoms with Crippen LogP contribution in [0.3, 0.4) is 0 Å². The van der Waals surface area contributed by atoms with Crippen LogP contribution in [0, 0.1) is 6.92 Å². The molecule has 0 heterocycles. The Bertz CT molecular complexity index is 527. The molecular weight excluding hydrogens is 228 g/mol. The average molecular weight is 243 g/mol. The lowest BCUT2D eigenvalue weighted by atomic mass is 10.0. The van der Waals surface area contributed by atoms with Crippen LogP contribution in [0.1, 0.15) is 34.9 Å². The Morgan fingerprint density at radius 2 is 1.65 bits per heavy atom. The lowest BCUT2D eigenvalue weighted by Crippen LogP contribution is -1.87. The first-order valence-corrected chi connectivity index (χ1v) is 6.44. The molecule has 2 unspecified atom stereocenters. The molecule has 0 radical (unpaired) electrons. The largest absolute Gasteiger partial charge is 0.0843 e. The van der Waals surface area contributed by atoms with Crippen molar-refractivity contribution in [2.24, 2.45) is 0 Å². The topological polar surface area (TPSA) is 0 Å². The number of halogens is 1. The maximum absolute atomic E-state index is 5.92. The smallest absolute Gasteiger partial charge is 0.0406 e. The van der Waals surface area contributed by atoms with Crippen molar-refractivity contribution < 1.29 is 0 Å². The number of rotatable bonds is 2. The van der Waals surface area contributed by atoms with Gasteiger partial charge in [0.05, 0.1) is 0 Å². The van der Waals surface area contributed by atoms with Gasteiger partial charge in [-0.15, -0.1) is 0 Å². The standard InChI is InChI=1S/C16H15Cl/c1-11-4-2-3-5-14(11)16-10-15(16)12-6-8-13(17)9-7-12/h2-9,15-16H,10H2,1H3. The van der Waals surface area contributed by atoms with E-state index in [9.17, 15) is 0 Å². The van der Waals surface area contributed by atoms with Crippen LogP contribution < -0.4 is 0 Å². The Labute approximate surface area is 107 Å². The maximum atomic E-state index is 5.92. The summed E-state index contributed by atoms with van der Waals surface area (Å²) in [7, 11) is 0. The van der Waals surface area contributed by atoms with E-state index in [1.807, 2.05) is 12.1 Å². The van der Waals surface area contributed by atoms with Gasteiger partial charge in [0.15, 0.2) is 0 Å².